The van der Waals surface area contributed by atoms with Crippen molar-refractivity contribution in [2.75, 3.05) is 17.2 Å². The van der Waals surface area contributed by atoms with E-state index < -0.39 is 18.7 Å². The molecule has 0 saturated heterocycles. The van der Waals surface area contributed by atoms with E-state index in [0.29, 0.717) is 11.4 Å². The summed E-state index contributed by atoms with van der Waals surface area (Å²) in [5.74, 6) is -1.07. The number of aromatic nitrogens is 1. The van der Waals surface area contributed by atoms with Gasteiger partial charge in [-0.2, -0.15) is 13.2 Å². The van der Waals surface area contributed by atoms with Gasteiger partial charge in [-0.3, -0.25) is 9.59 Å². The number of anilines is 2. The molecule has 0 aliphatic carbocycles. The third kappa shape index (κ3) is 6.26. The molecule has 0 radical (unpaired) electrons. The van der Waals surface area contributed by atoms with Crippen molar-refractivity contribution in [2.24, 2.45) is 5.92 Å². The summed E-state index contributed by atoms with van der Waals surface area (Å²) in [5.41, 5.74) is 1.95. The SMILES string of the molecule is Cc1ccc(NC(=O)C(C)C)cc1NC(=O)c1ccc(OCC(F)(F)F)nc1. The molecule has 1 aromatic heterocycles. The fourth-order valence-electron chi connectivity index (χ4n) is 2.07. The first-order valence-electron chi connectivity index (χ1n) is 8.43. The summed E-state index contributed by atoms with van der Waals surface area (Å²) in [7, 11) is 0. The highest BCUT2D eigenvalue weighted by Gasteiger charge is 2.28. The van der Waals surface area contributed by atoms with Gasteiger partial charge in [-0.05, 0) is 30.7 Å². The highest BCUT2D eigenvalue weighted by atomic mass is 19.4. The minimum absolute atomic E-state index is 0.148. The second kappa shape index (κ2) is 8.73. The minimum atomic E-state index is -4.47. The van der Waals surface area contributed by atoms with Crippen LogP contribution < -0.4 is 15.4 Å². The lowest BCUT2D eigenvalue weighted by atomic mass is 10.1. The van der Waals surface area contributed by atoms with E-state index in [-0.39, 0.29) is 23.3 Å². The van der Waals surface area contributed by atoms with Crippen molar-refractivity contribution in [3.8, 4) is 5.88 Å². The monoisotopic (exact) mass is 395 g/mol. The van der Waals surface area contributed by atoms with Crippen molar-refractivity contribution in [2.45, 2.75) is 26.9 Å². The van der Waals surface area contributed by atoms with Crippen molar-refractivity contribution in [3.05, 3.63) is 47.7 Å². The summed E-state index contributed by atoms with van der Waals surface area (Å²) in [6, 6.07) is 7.60. The van der Waals surface area contributed by atoms with Crippen LogP contribution in [-0.4, -0.2) is 29.6 Å². The summed E-state index contributed by atoms with van der Waals surface area (Å²) in [4.78, 5) is 27.9. The number of carbonyl (C=O) groups excluding carboxylic acids is 2. The van der Waals surface area contributed by atoms with Crippen molar-refractivity contribution >= 4 is 23.2 Å². The van der Waals surface area contributed by atoms with Crippen molar-refractivity contribution in [3.63, 3.8) is 0 Å². The Labute approximate surface area is 160 Å². The van der Waals surface area contributed by atoms with Gasteiger partial charge in [-0.25, -0.2) is 4.98 Å². The van der Waals surface area contributed by atoms with Crippen LogP contribution in [0.5, 0.6) is 5.88 Å². The van der Waals surface area contributed by atoms with Gasteiger partial charge >= 0.3 is 6.18 Å². The van der Waals surface area contributed by atoms with E-state index >= 15 is 0 Å². The fraction of sp³-hybridized carbons (Fsp3) is 0.316. The average molecular weight is 395 g/mol. The largest absolute Gasteiger partial charge is 0.468 e. The Bertz CT molecular complexity index is 850. The Kier molecular flexibility index (Phi) is 6.61. The van der Waals surface area contributed by atoms with Gasteiger partial charge in [0.05, 0.1) is 5.56 Å². The number of pyridine rings is 1. The van der Waals surface area contributed by atoms with Crippen LogP contribution in [-0.2, 0) is 4.79 Å². The molecule has 0 saturated carbocycles. The maximum Gasteiger partial charge on any atom is 0.422 e. The molecule has 1 aromatic carbocycles. The number of alkyl halides is 3. The number of benzene rings is 1. The Morgan fingerprint density at radius 1 is 1.14 bits per heavy atom. The van der Waals surface area contributed by atoms with E-state index in [9.17, 15) is 22.8 Å². The number of rotatable bonds is 6. The molecule has 0 aliphatic rings. The Balaban J connectivity index is 2.06. The van der Waals surface area contributed by atoms with Gasteiger partial charge in [-0.1, -0.05) is 19.9 Å². The number of ether oxygens (including phenoxy) is 1. The predicted molar refractivity (Wildman–Crippen MR) is 98.4 cm³/mol. The first-order valence-corrected chi connectivity index (χ1v) is 8.43. The van der Waals surface area contributed by atoms with Crippen molar-refractivity contribution < 1.29 is 27.5 Å². The standard InChI is InChI=1S/C19H20F3N3O3/c1-11(2)17(26)24-14-6-4-12(3)15(8-14)25-18(27)13-5-7-16(23-9-13)28-10-19(20,21)22/h4-9,11H,10H2,1-3H3,(H,24,26)(H,25,27). The molecule has 9 heteroatoms. The molecule has 28 heavy (non-hydrogen) atoms. The smallest absolute Gasteiger partial charge is 0.422 e. The summed E-state index contributed by atoms with van der Waals surface area (Å²) in [6.45, 7) is 3.86. The first kappa shape index (κ1) is 21.2. The topological polar surface area (TPSA) is 80.3 Å². The molecule has 0 aliphatic heterocycles. The minimum Gasteiger partial charge on any atom is -0.468 e. The Morgan fingerprint density at radius 2 is 1.86 bits per heavy atom. The third-order valence-corrected chi connectivity index (χ3v) is 3.66. The van der Waals surface area contributed by atoms with Crippen molar-refractivity contribution in [1.29, 1.82) is 0 Å². The predicted octanol–water partition coefficient (Wildman–Crippen LogP) is 4.18. The summed E-state index contributed by atoms with van der Waals surface area (Å²) < 4.78 is 40.9. The van der Waals surface area contributed by atoms with E-state index in [1.54, 1.807) is 39.0 Å². The van der Waals surface area contributed by atoms with Gasteiger partial charge in [0.25, 0.3) is 5.91 Å². The zero-order valence-electron chi connectivity index (χ0n) is 15.6. The summed E-state index contributed by atoms with van der Waals surface area (Å²) in [6.07, 6.45) is -3.34. The number of carbonyl (C=O) groups is 2. The number of amides is 2. The van der Waals surface area contributed by atoms with Crippen LogP contribution in [0.2, 0.25) is 0 Å². The lowest BCUT2D eigenvalue weighted by Gasteiger charge is -2.13. The fourth-order valence-corrected chi connectivity index (χ4v) is 2.07. The van der Waals surface area contributed by atoms with E-state index in [2.05, 4.69) is 20.4 Å². The zero-order valence-corrected chi connectivity index (χ0v) is 15.6. The molecule has 2 N–H and O–H groups in total. The van der Waals surface area contributed by atoms with Crippen LogP contribution in [0.4, 0.5) is 24.5 Å². The Morgan fingerprint density at radius 3 is 2.43 bits per heavy atom. The molecule has 1 heterocycles. The average Bonchev–Trinajstić information content (AvgIpc) is 2.62. The first-order chi connectivity index (χ1) is 13.0. The van der Waals surface area contributed by atoms with Crippen LogP contribution in [0.1, 0.15) is 29.8 Å². The van der Waals surface area contributed by atoms with Gasteiger partial charge in [0.2, 0.25) is 11.8 Å². The third-order valence-electron chi connectivity index (χ3n) is 3.66. The molecule has 6 nitrogen and oxygen atoms in total. The number of hydrogen-bond acceptors (Lipinski definition) is 4. The van der Waals surface area contributed by atoms with E-state index in [0.717, 1.165) is 11.8 Å². The van der Waals surface area contributed by atoms with Crippen molar-refractivity contribution in [1.82, 2.24) is 4.98 Å². The molecule has 0 unspecified atom stereocenters. The zero-order chi connectivity index (χ0) is 20.9. The van der Waals surface area contributed by atoms with E-state index in [1.165, 1.54) is 12.1 Å². The normalized spacial score (nSPS) is 11.2. The molecule has 0 spiro atoms. The van der Waals surface area contributed by atoms with Gasteiger partial charge < -0.3 is 15.4 Å². The Hall–Kier alpha value is -3.10. The number of nitrogens with zero attached hydrogens (tertiary/aromatic N) is 1. The highest BCUT2D eigenvalue weighted by molar-refractivity contribution is 6.05. The van der Waals surface area contributed by atoms with E-state index in [1.807, 2.05) is 0 Å². The van der Waals surface area contributed by atoms with Gasteiger partial charge in [0, 0.05) is 29.6 Å². The van der Waals surface area contributed by atoms with Gasteiger partial charge in [0.1, 0.15) is 0 Å². The molecule has 2 aromatic rings. The second-order valence-corrected chi connectivity index (χ2v) is 6.42. The summed E-state index contributed by atoms with van der Waals surface area (Å²) in [5, 5.41) is 5.44. The maximum atomic E-state index is 12.4. The molecule has 2 rings (SSSR count). The maximum absolute atomic E-state index is 12.4. The summed E-state index contributed by atoms with van der Waals surface area (Å²) >= 11 is 0. The van der Waals surface area contributed by atoms with Crippen LogP contribution in [0.3, 0.4) is 0 Å². The van der Waals surface area contributed by atoms with E-state index in [4.69, 9.17) is 0 Å². The second-order valence-electron chi connectivity index (χ2n) is 6.42. The number of aryl methyl sites for hydroxylation is 1. The van der Waals surface area contributed by atoms with Gasteiger partial charge in [0.15, 0.2) is 6.61 Å². The molecule has 0 bridgehead atoms. The number of nitrogens with one attached hydrogen (secondary N) is 2. The molecule has 0 fully saturated rings. The molecular formula is C19H20F3N3O3. The van der Waals surface area contributed by atoms with Crippen LogP contribution in [0.15, 0.2) is 36.5 Å². The molecule has 0 atom stereocenters. The lowest BCUT2D eigenvalue weighted by Crippen LogP contribution is -2.20. The number of halogens is 3. The van der Waals surface area contributed by atoms with Gasteiger partial charge in [-0.15, -0.1) is 0 Å². The molecule has 150 valence electrons. The van der Waals surface area contributed by atoms with Crippen LogP contribution >= 0.6 is 0 Å². The van der Waals surface area contributed by atoms with Crippen LogP contribution in [0, 0.1) is 12.8 Å². The quantitative estimate of drug-likeness (QED) is 0.769. The number of hydrogen-bond donors (Lipinski definition) is 2. The molecule has 2 amide bonds. The van der Waals surface area contributed by atoms with Crippen LogP contribution in [0.25, 0.3) is 0 Å². The highest BCUT2D eigenvalue weighted by Crippen LogP contribution is 2.22. The molecular weight excluding hydrogens is 375 g/mol. The lowest BCUT2D eigenvalue weighted by molar-refractivity contribution is -0.154.